The maximum absolute atomic E-state index is 12.6. The Morgan fingerprint density at radius 2 is 1.72 bits per heavy atom. The molecule has 0 atom stereocenters. The molecule has 2 heterocycles. The fraction of sp³-hybridized carbons (Fsp3) is 0.450. The number of hydrogen-bond donors (Lipinski definition) is 1. The molecule has 1 aliphatic rings. The van der Waals surface area contributed by atoms with E-state index in [0.29, 0.717) is 17.3 Å². The largest absolute Gasteiger partial charge is 0.340 e. The van der Waals surface area contributed by atoms with Gasteiger partial charge < -0.3 is 10.2 Å². The first kappa shape index (κ1) is 17.4. The summed E-state index contributed by atoms with van der Waals surface area (Å²) in [6, 6.07) is 10.1. The van der Waals surface area contributed by atoms with Gasteiger partial charge in [-0.1, -0.05) is 32.9 Å². The average molecular weight is 338 g/mol. The number of anilines is 2. The monoisotopic (exact) mass is 338 g/mol. The van der Waals surface area contributed by atoms with Gasteiger partial charge in [-0.25, -0.2) is 9.97 Å². The van der Waals surface area contributed by atoms with Gasteiger partial charge in [-0.3, -0.25) is 4.79 Å². The normalized spacial score (nSPS) is 14.6. The second-order valence-electron chi connectivity index (χ2n) is 7.64. The minimum atomic E-state index is -0.00543. The molecule has 1 amide bonds. The lowest BCUT2D eigenvalue weighted by atomic mass is 9.87. The van der Waals surface area contributed by atoms with Gasteiger partial charge >= 0.3 is 0 Å². The van der Waals surface area contributed by atoms with Crippen molar-refractivity contribution in [3.63, 3.8) is 0 Å². The van der Waals surface area contributed by atoms with E-state index < -0.39 is 0 Å². The fourth-order valence-electron chi connectivity index (χ4n) is 3.02. The van der Waals surface area contributed by atoms with E-state index in [2.05, 4.69) is 48.2 Å². The summed E-state index contributed by atoms with van der Waals surface area (Å²) in [6.07, 6.45) is 2.14. The van der Waals surface area contributed by atoms with Crippen LogP contribution in [0.3, 0.4) is 0 Å². The first-order chi connectivity index (χ1) is 11.8. The maximum atomic E-state index is 12.6. The van der Waals surface area contributed by atoms with Crippen molar-refractivity contribution in [1.82, 2.24) is 14.9 Å². The van der Waals surface area contributed by atoms with Gasteiger partial charge in [0.05, 0.1) is 0 Å². The molecular formula is C20H26N4O. The van der Waals surface area contributed by atoms with Crippen LogP contribution in [0, 0.1) is 6.92 Å². The lowest BCUT2D eigenvalue weighted by Crippen LogP contribution is -2.28. The molecule has 0 bridgehead atoms. The standard InChI is InChI=1S/C20H26N4O/c1-14-21-17(19(25)24-11-5-6-12-24)13-18(22-14)23-16-9-7-15(8-10-16)20(2,3)4/h7-10,13H,5-6,11-12H2,1-4H3,(H,21,22,23). The third kappa shape index (κ3) is 4.16. The molecule has 1 saturated heterocycles. The first-order valence-corrected chi connectivity index (χ1v) is 8.85. The molecule has 1 fully saturated rings. The molecule has 2 aromatic rings. The Bertz CT molecular complexity index is 756. The van der Waals surface area contributed by atoms with Crippen LogP contribution in [0.4, 0.5) is 11.5 Å². The minimum Gasteiger partial charge on any atom is -0.340 e. The third-order valence-electron chi connectivity index (χ3n) is 4.47. The van der Waals surface area contributed by atoms with Crippen LogP contribution in [0.1, 0.15) is 55.5 Å². The van der Waals surface area contributed by atoms with Gasteiger partial charge in [0.1, 0.15) is 17.3 Å². The Kier molecular flexibility index (Phi) is 4.75. The molecule has 1 aromatic carbocycles. The van der Waals surface area contributed by atoms with Gasteiger partial charge in [0.25, 0.3) is 5.91 Å². The Hall–Kier alpha value is -2.43. The van der Waals surface area contributed by atoms with E-state index in [9.17, 15) is 4.79 Å². The van der Waals surface area contributed by atoms with Crippen molar-refractivity contribution in [2.75, 3.05) is 18.4 Å². The summed E-state index contributed by atoms with van der Waals surface area (Å²) >= 11 is 0. The van der Waals surface area contributed by atoms with Crippen LogP contribution in [0.5, 0.6) is 0 Å². The topological polar surface area (TPSA) is 58.1 Å². The smallest absolute Gasteiger partial charge is 0.272 e. The van der Waals surface area contributed by atoms with Gasteiger partial charge in [-0.15, -0.1) is 0 Å². The molecule has 0 unspecified atom stereocenters. The van der Waals surface area contributed by atoms with Crippen LogP contribution in [-0.4, -0.2) is 33.9 Å². The van der Waals surface area contributed by atoms with Crippen LogP contribution in [0.15, 0.2) is 30.3 Å². The molecule has 0 aliphatic carbocycles. The molecule has 1 aliphatic heterocycles. The SMILES string of the molecule is Cc1nc(Nc2ccc(C(C)(C)C)cc2)cc(C(=O)N2CCCC2)n1. The molecule has 1 N–H and O–H groups in total. The molecule has 5 nitrogen and oxygen atoms in total. The number of likely N-dealkylation sites (tertiary alicyclic amines) is 1. The molecule has 0 radical (unpaired) electrons. The lowest BCUT2D eigenvalue weighted by Gasteiger charge is -2.19. The number of hydrogen-bond acceptors (Lipinski definition) is 4. The highest BCUT2D eigenvalue weighted by Gasteiger charge is 2.21. The number of nitrogens with zero attached hydrogens (tertiary/aromatic N) is 3. The van der Waals surface area contributed by atoms with E-state index >= 15 is 0 Å². The number of aromatic nitrogens is 2. The van der Waals surface area contributed by atoms with E-state index in [0.717, 1.165) is 31.6 Å². The third-order valence-corrected chi connectivity index (χ3v) is 4.47. The fourth-order valence-corrected chi connectivity index (χ4v) is 3.02. The second-order valence-corrected chi connectivity index (χ2v) is 7.64. The van der Waals surface area contributed by atoms with Crippen molar-refractivity contribution in [1.29, 1.82) is 0 Å². The van der Waals surface area contributed by atoms with Gasteiger partial charge in [-0.05, 0) is 42.9 Å². The summed E-state index contributed by atoms with van der Waals surface area (Å²) < 4.78 is 0. The summed E-state index contributed by atoms with van der Waals surface area (Å²) in [4.78, 5) is 23.2. The van der Waals surface area contributed by atoms with Gasteiger partial charge in [0, 0.05) is 24.8 Å². The zero-order valence-electron chi connectivity index (χ0n) is 15.5. The summed E-state index contributed by atoms with van der Waals surface area (Å²) in [6.45, 7) is 10.0. The predicted molar refractivity (Wildman–Crippen MR) is 100 cm³/mol. The van der Waals surface area contributed by atoms with Crippen LogP contribution in [-0.2, 0) is 5.41 Å². The van der Waals surface area contributed by atoms with Crippen molar-refractivity contribution >= 4 is 17.4 Å². The number of aryl methyl sites for hydroxylation is 1. The van der Waals surface area contributed by atoms with Gasteiger partial charge in [-0.2, -0.15) is 0 Å². The molecule has 0 saturated carbocycles. The number of benzene rings is 1. The van der Waals surface area contributed by atoms with Crippen LogP contribution < -0.4 is 5.32 Å². The number of rotatable bonds is 3. The van der Waals surface area contributed by atoms with Crippen molar-refractivity contribution in [2.45, 2.75) is 46.0 Å². The zero-order valence-corrected chi connectivity index (χ0v) is 15.5. The van der Waals surface area contributed by atoms with E-state index in [1.165, 1.54) is 5.56 Å². The highest BCUT2D eigenvalue weighted by molar-refractivity contribution is 5.93. The number of nitrogens with one attached hydrogen (secondary N) is 1. The van der Waals surface area contributed by atoms with Gasteiger partial charge in [0.2, 0.25) is 0 Å². The molecular weight excluding hydrogens is 312 g/mol. The van der Waals surface area contributed by atoms with Crippen molar-refractivity contribution in [3.8, 4) is 0 Å². The van der Waals surface area contributed by atoms with Crippen molar-refractivity contribution in [2.24, 2.45) is 0 Å². The number of carbonyl (C=O) groups is 1. The molecule has 25 heavy (non-hydrogen) atoms. The Morgan fingerprint density at radius 1 is 1.08 bits per heavy atom. The Labute approximate surface area is 149 Å². The zero-order chi connectivity index (χ0) is 18.0. The summed E-state index contributed by atoms with van der Waals surface area (Å²) in [5, 5.41) is 3.29. The molecule has 132 valence electrons. The van der Waals surface area contributed by atoms with E-state index in [4.69, 9.17) is 0 Å². The molecule has 1 aromatic heterocycles. The lowest BCUT2D eigenvalue weighted by molar-refractivity contribution is 0.0786. The average Bonchev–Trinajstić information content (AvgIpc) is 3.07. The van der Waals surface area contributed by atoms with E-state index in [1.807, 2.05) is 24.0 Å². The van der Waals surface area contributed by atoms with Crippen molar-refractivity contribution in [3.05, 3.63) is 47.4 Å². The molecule has 3 rings (SSSR count). The highest BCUT2D eigenvalue weighted by atomic mass is 16.2. The summed E-state index contributed by atoms with van der Waals surface area (Å²) in [5.41, 5.74) is 2.81. The van der Waals surface area contributed by atoms with E-state index in [1.54, 1.807) is 6.07 Å². The Morgan fingerprint density at radius 3 is 2.32 bits per heavy atom. The summed E-state index contributed by atoms with van der Waals surface area (Å²) in [5.74, 6) is 1.24. The van der Waals surface area contributed by atoms with Gasteiger partial charge in [0.15, 0.2) is 0 Å². The van der Waals surface area contributed by atoms with Crippen LogP contribution in [0.25, 0.3) is 0 Å². The second kappa shape index (κ2) is 6.82. The van der Waals surface area contributed by atoms with Crippen molar-refractivity contribution < 1.29 is 4.79 Å². The maximum Gasteiger partial charge on any atom is 0.272 e. The quantitative estimate of drug-likeness (QED) is 0.917. The highest BCUT2D eigenvalue weighted by Crippen LogP contribution is 2.25. The molecule has 0 spiro atoms. The van der Waals surface area contributed by atoms with E-state index in [-0.39, 0.29) is 11.3 Å². The number of amides is 1. The number of carbonyl (C=O) groups excluding carboxylic acids is 1. The Balaban J connectivity index is 1.79. The minimum absolute atomic E-state index is 0.00543. The summed E-state index contributed by atoms with van der Waals surface area (Å²) in [7, 11) is 0. The van der Waals surface area contributed by atoms with Crippen LogP contribution >= 0.6 is 0 Å². The predicted octanol–water partition coefficient (Wildman–Crippen LogP) is 4.06. The van der Waals surface area contributed by atoms with Crippen LogP contribution in [0.2, 0.25) is 0 Å². The molecule has 5 heteroatoms. The first-order valence-electron chi connectivity index (χ1n) is 8.85.